The summed E-state index contributed by atoms with van der Waals surface area (Å²) in [5, 5.41) is 4.34. The Labute approximate surface area is 131 Å². The Hall–Kier alpha value is -2.90. The van der Waals surface area contributed by atoms with E-state index in [1.54, 1.807) is 23.0 Å². The van der Waals surface area contributed by atoms with Gasteiger partial charge in [0.2, 0.25) is 0 Å². The SMILES string of the molecule is CC(C)C(C)Oc1cc(-c2c[nH]c(=O)[nH]c2=O)nn2ccnc12. The number of hydrogen-bond donors (Lipinski definition) is 2. The van der Waals surface area contributed by atoms with Crippen LogP contribution >= 0.6 is 0 Å². The van der Waals surface area contributed by atoms with Crippen LogP contribution < -0.4 is 16.0 Å². The second-order valence-corrected chi connectivity index (χ2v) is 5.64. The Kier molecular flexibility index (Phi) is 3.73. The molecule has 0 aromatic carbocycles. The van der Waals surface area contributed by atoms with E-state index in [1.807, 2.05) is 6.92 Å². The third-order valence-corrected chi connectivity index (χ3v) is 3.67. The number of rotatable bonds is 4. The van der Waals surface area contributed by atoms with Gasteiger partial charge in [-0.2, -0.15) is 5.10 Å². The van der Waals surface area contributed by atoms with E-state index in [4.69, 9.17) is 4.74 Å². The van der Waals surface area contributed by atoms with Crippen molar-refractivity contribution in [2.45, 2.75) is 26.9 Å². The minimum absolute atomic E-state index is 0.0281. The molecule has 3 aromatic heterocycles. The van der Waals surface area contributed by atoms with Gasteiger partial charge in [-0.05, 0) is 12.8 Å². The maximum Gasteiger partial charge on any atom is 0.325 e. The lowest BCUT2D eigenvalue weighted by Crippen LogP contribution is -2.23. The highest BCUT2D eigenvalue weighted by molar-refractivity contribution is 5.64. The number of fused-ring (bicyclic) bond motifs is 1. The number of aromatic amines is 2. The molecule has 0 aliphatic rings. The molecule has 8 nitrogen and oxygen atoms in total. The van der Waals surface area contributed by atoms with Crippen LogP contribution in [0.3, 0.4) is 0 Å². The molecule has 0 saturated carbocycles. The quantitative estimate of drug-likeness (QED) is 0.752. The van der Waals surface area contributed by atoms with Gasteiger partial charge in [-0.3, -0.25) is 9.78 Å². The molecule has 1 atom stereocenters. The molecule has 23 heavy (non-hydrogen) atoms. The van der Waals surface area contributed by atoms with Crippen LogP contribution in [0.4, 0.5) is 0 Å². The zero-order valence-corrected chi connectivity index (χ0v) is 13.0. The molecule has 3 heterocycles. The smallest absolute Gasteiger partial charge is 0.325 e. The fourth-order valence-corrected chi connectivity index (χ4v) is 2.04. The molecule has 0 fully saturated rings. The number of nitrogens with one attached hydrogen (secondary N) is 2. The zero-order chi connectivity index (χ0) is 16.6. The lowest BCUT2D eigenvalue weighted by atomic mass is 10.1. The summed E-state index contributed by atoms with van der Waals surface area (Å²) in [5.74, 6) is 0.852. The summed E-state index contributed by atoms with van der Waals surface area (Å²) in [4.78, 5) is 32.0. The highest BCUT2D eigenvalue weighted by atomic mass is 16.5. The maximum absolute atomic E-state index is 12.0. The van der Waals surface area contributed by atoms with Crippen molar-refractivity contribution in [2.75, 3.05) is 0 Å². The average molecular weight is 315 g/mol. The lowest BCUT2D eigenvalue weighted by Gasteiger charge is -2.18. The Morgan fingerprint density at radius 2 is 2.04 bits per heavy atom. The molecule has 120 valence electrons. The molecule has 3 rings (SSSR count). The Morgan fingerprint density at radius 3 is 2.74 bits per heavy atom. The summed E-state index contributed by atoms with van der Waals surface area (Å²) < 4.78 is 7.51. The van der Waals surface area contributed by atoms with Crippen LogP contribution in [0, 0.1) is 5.92 Å². The lowest BCUT2D eigenvalue weighted by molar-refractivity contribution is 0.171. The Morgan fingerprint density at radius 1 is 1.26 bits per heavy atom. The van der Waals surface area contributed by atoms with E-state index in [9.17, 15) is 9.59 Å². The summed E-state index contributed by atoms with van der Waals surface area (Å²) >= 11 is 0. The second-order valence-electron chi connectivity index (χ2n) is 5.64. The summed E-state index contributed by atoms with van der Waals surface area (Å²) in [6.45, 7) is 6.08. The van der Waals surface area contributed by atoms with Gasteiger partial charge in [0.05, 0.1) is 11.7 Å². The van der Waals surface area contributed by atoms with Gasteiger partial charge >= 0.3 is 5.69 Å². The molecule has 0 saturated heterocycles. The van der Waals surface area contributed by atoms with E-state index >= 15 is 0 Å². The van der Waals surface area contributed by atoms with Crippen LogP contribution in [0.25, 0.3) is 16.9 Å². The van der Waals surface area contributed by atoms with Crippen LogP contribution in [-0.2, 0) is 0 Å². The average Bonchev–Trinajstić information content (AvgIpc) is 2.95. The first-order chi connectivity index (χ1) is 11.0. The summed E-state index contributed by atoms with van der Waals surface area (Å²) in [6, 6.07) is 1.66. The topological polar surface area (TPSA) is 105 Å². The van der Waals surface area contributed by atoms with E-state index in [2.05, 4.69) is 33.9 Å². The van der Waals surface area contributed by atoms with Crippen molar-refractivity contribution in [3.63, 3.8) is 0 Å². The molecular weight excluding hydrogens is 298 g/mol. The molecule has 8 heteroatoms. The number of hydrogen-bond acceptors (Lipinski definition) is 5. The number of H-pyrrole nitrogens is 2. The first-order valence-electron chi connectivity index (χ1n) is 7.29. The molecule has 0 bridgehead atoms. The molecule has 2 N–H and O–H groups in total. The predicted molar refractivity (Wildman–Crippen MR) is 84.6 cm³/mol. The Balaban J connectivity index is 2.15. The van der Waals surface area contributed by atoms with Crippen LogP contribution in [0.15, 0.2) is 34.2 Å². The fraction of sp³-hybridized carbons (Fsp3) is 0.333. The van der Waals surface area contributed by atoms with Gasteiger partial charge in [-0.1, -0.05) is 13.8 Å². The highest BCUT2D eigenvalue weighted by Crippen LogP contribution is 2.25. The number of ether oxygens (including phenoxy) is 1. The largest absolute Gasteiger partial charge is 0.486 e. The number of imidazole rings is 1. The van der Waals surface area contributed by atoms with Crippen molar-refractivity contribution in [3.8, 4) is 17.0 Å². The number of nitrogens with zero attached hydrogens (tertiary/aromatic N) is 3. The van der Waals surface area contributed by atoms with E-state index in [1.165, 1.54) is 6.20 Å². The summed E-state index contributed by atoms with van der Waals surface area (Å²) in [7, 11) is 0. The van der Waals surface area contributed by atoms with Crippen LogP contribution in [0.5, 0.6) is 5.75 Å². The van der Waals surface area contributed by atoms with Crippen LogP contribution in [-0.4, -0.2) is 30.7 Å². The highest BCUT2D eigenvalue weighted by Gasteiger charge is 2.16. The van der Waals surface area contributed by atoms with Crippen molar-refractivity contribution in [1.82, 2.24) is 24.6 Å². The monoisotopic (exact) mass is 315 g/mol. The van der Waals surface area contributed by atoms with Gasteiger partial charge in [0.1, 0.15) is 5.69 Å². The molecule has 0 amide bonds. The molecule has 0 aliphatic heterocycles. The van der Waals surface area contributed by atoms with Gasteiger partial charge < -0.3 is 9.72 Å². The van der Waals surface area contributed by atoms with Gasteiger partial charge in [0, 0.05) is 24.7 Å². The van der Waals surface area contributed by atoms with Gasteiger partial charge in [-0.25, -0.2) is 14.3 Å². The zero-order valence-electron chi connectivity index (χ0n) is 13.0. The molecule has 0 spiro atoms. The third kappa shape index (κ3) is 2.87. The summed E-state index contributed by atoms with van der Waals surface area (Å²) in [5.41, 5.74) is 0.138. The minimum Gasteiger partial charge on any atom is -0.486 e. The third-order valence-electron chi connectivity index (χ3n) is 3.67. The van der Waals surface area contributed by atoms with Crippen molar-refractivity contribution < 1.29 is 4.74 Å². The van der Waals surface area contributed by atoms with E-state index in [-0.39, 0.29) is 11.7 Å². The van der Waals surface area contributed by atoms with Crippen LogP contribution in [0.1, 0.15) is 20.8 Å². The minimum atomic E-state index is -0.563. The van der Waals surface area contributed by atoms with Crippen molar-refractivity contribution in [1.29, 1.82) is 0 Å². The number of aromatic nitrogens is 5. The standard InChI is InChI=1S/C15H17N5O3/c1-8(2)9(3)23-12-6-11(19-20-5-4-16-13(12)20)10-7-17-15(22)18-14(10)21/h4-9H,1-3H3,(H2,17,18,21,22). The van der Waals surface area contributed by atoms with Crippen molar-refractivity contribution in [2.24, 2.45) is 5.92 Å². The van der Waals surface area contributed by atoms with E-state index in [0.717, 1.165) is 0 Å². The van der Waals surface area contributed by atoms with Gasteiger partial charge in [0.15, 0.2) is 11.4 Å². The fourth-order valence-electron chi connectivity index (χ4n) is 2.04. The molecule has 0 aliphatic carbocycles. The van der Waals surface area contributed by atoms with Crippen molar-refractivity contribution in [3.05, 3.63) is 45.5 Å². The molecule has 0 radical (unpaired) electrons. The first-order valence-corrected chi connectivity index (χ1v) is 7.29. The maximum atomic E-state index is 12.0. The van der Waals surface area contributed by atoms with Gasteiger partial charge in [0.25, 0.3) is 5.56 Å². The second kappa shape index (κ2) is 5.71. The van der Waals surface area contributed by atoms with Crippen LogP contribution in [0.2, 0.25) is 0 Å². The van der Waals surface area contributed by atoms with E-state index < -0.39 is 11.2 Å². The van der Waals surface area contributed by atoms with E-state index in [0.29, 0.717) is 23.0 Å². The normalized spacial score (nSPS) is 12.7. The Bertz CT molecular complexity index is 953. The summed E-state index contributed by atoms with van der Waals surface area (Å²) in [6.07, 6.45) is 4.59. The molecular formula is C15H17N5O3. The predicted octanol–water partition coefficient (Wildman–Crippen LogP) is 1.20. The van der Waals surface area contributed by atoms with Crippen molar-refractivity contribution >= 4 is 5.65 Å². The molecule has 1 unspecified atom stereocenters. The van der Waals surface area contributed by atoms with Gasteiger partial charge in [-0.15, -0.1) is 0 Å². The first kappa shape index (κ1) is 15.0. The molecule has 3 aromatic rings.